The molecule has 0 rings (SSSR count). The van der Waals surface area contributed by atoms with Crippen LogP contribution in [0.3, 0.4) is 0 Å². The Balaban J connectivity index is -0.0000000267. The van der Waals surface area contributed by atoms with E-state index in [1.807, 2.05) is 0 Å². The molecule has 8 heavy (non-hydrogen) atoms. The Kier molecular flexibility index (Phi) is 25.3. The summed E-state index contributed by atoms with van der Waals surface area (Å²) in [5.74, 6) is 0. The zero-order valence-corrected chi connectivity index (χ0v) is 9.71. The van der Waals surface area contributed by atoms with Crippen molar-refractivity contribution >= 4 is 27.8 Å². The van der Waals surface area contributed by atoms with E-state index in [-0.39, 0.29) is 74.9 Å². The van der Waals surface area contributed by atoms with Gasteiger partial charge in [0.15, 0.2) is 0 Å². The first-order valence-corrected chi connectivity index (χ1v) is 2.00. The van der Waals surface area contributed by atoms with Crippen LogP contribution in [0.1, 0.15) is 0 Å². The summed E-state index contributed by atoms with van der Waals surface area (Å²) in [7, 11) is -5.17. The smallest absolute Gasteiger partial charge is 0.759 e. The third kappa shape index (κ3) is 98.1. The fraction of sp³-hybridized carbons (Fsp3) is 0. The van der Waals surface area contributed by atoms with Gasteiger partial charge in [-0.25, -0.2) is 0 Å². The van der Waals surface area contributed by atoms with Crippen molar-refractivity contribution in [1.82, 2.24) is 6.15 Å². The van der Waals surface area contributed by atoms with Gasteiger partial charge in [-0.3, -0.25) is 8.42 Å². The molecule has 0 aromatic rings. The van der Waals surface area contributed by atoms with E-state index in [0.29, 0.717) is 0 Å². The van der Waals surface area contributed by atoms with E-state index >= 15 is 0 Å². The summed E-state index contributed by atoms with van der Waals surface area (Å²) < 4.78 is 34.1. The topological polar surface area (TPSA) is 117 Å². The van der Waals surface area contributed by atoms with E-state index in [1.54, 1.807) is 0 Å². The minimum atomic E-state index is -5.17. The van der Waals surface area contributed by atoms with Crippen molar-refractivity contribution in [3.8, 4) is 0 Å². The summed E-state index contributed by atoms with van der Waals surface area (Å²) in [6, 6.07) is 0. The van der Waals surface area contributed by atoms with Crippen molar-refractivity contribution in [2.75, 3.05) is 0 Å². The number of rotatable bonds is 0. The van der Waals surface area contributed by atoms with Gasteiger partial charge < -0.3 is 15.3 Å². The van der Waals surface area contributed by atoms with Gasteiger partial charge in [-0.1, -0.05) is 0 Å². The predicted octanol–water partition coefficient (Wildman–Crippen LogP) is -4.34. The van der Waals surface area contributed by atoms with Crippen molar-refractivity contribution in [1.29, 1.82) is 0 Å². The first-order chi connectivity index (χ1) is 2.00. The maximum Gasteiger partial charge on any atom is 3.00 e. The molecule has 8 heteroatoms. The summed E-state index contributed by atoms with van der Waals surface area (Å²) in [6.45, 7) is 0. The molecule has 0 aliphatic carbocycles. The third-order valence-corrected chi connectivity index (χ3v) is 0. The molecule has 0 aliphatic heterocycles. The summed E-state index contributed by atoms with van der Waals surface area (Å²) in [4.78, 5) is 0. The van der Waals surface area contributed by atoms with Gasteiger partial charge in [-0.15, -0.1) is 0 Å². The van der Waals surface area contributed by atoms with E-state index in [2.05, 4.69) is 0 Å². The van der Waals surface area contributed by atoms with Crippen molar-refractivity contribution in [3.05, 3.63) is 0 Å². The molecule has 0 saturated heterocycles. The van der Waals surface area contributed by atoms with Crippen molar-refractivity contribution in [2.45, 2.75) is 0 Å². The molecule has 0 fully saturated rings. The summed E-state index contributed by atoms with van der Waals surface area (Å²) >= 11 is 0. The van der Waals surface area contributed by atoms with Crippen LogP contribution < -0.4 is 57.5 Å². The number of hydrogen-bond acceptors (Lipinski definition) is 4. The molecule has 40 valence electrons. The van der Waals surface area contributed by atoms with E-state index in [4.69, 9.17) is 17.5 Å². The second-order valence-corrected chi connectivity index (χ2v) is 1.22. The quantitative estimate of drug-likeness (QED) is 0.230. The normalized spacial score (nSPS) is 7.25. The molecule has 0 aromatic carbocycles. The van der Waals surface area contributed by atoms with Crippen LogP contribution in [0.5, 0.6) is 0 Å². The third-order valence-electron chi connectivity index (χ3n) is 0. The van der Waals surface area contributed by atoms with Gasteiger partial charge in [0, 0.05) is 10.4 Å². The monoisotopic (exact) mass is 180 g/mol. The van der Waals surface area contributed by atoms with Crippen LogP contribution in [-0.4, -0.2) is 34.9 Å². The minimum Gasteiger partial charge on any atom is -0.759 e. The fourth-order valence-corrected chi connectivity index (χ4v) is 0. The van der Waals surface area contributed by atoms with Gasteiger partial charge in [0.1, 0.15) is 0 Å². The molecule has 0 saturated carbocycles. The Morgan fingerprint density at radius 2 is 1.12 bits per heavy atom. The molecule has 0 bridgehead atoms. The first-order valence-electron chi connectivity index (χ1n) is 0.667. The van der Waals surface area contributed by atoms with Crippen LogP contribution in [0.4, 0.5) is 0 Å². The summed E-state index contributed by atoms with van der Waals surface area (Å²) in [5, 5.41) is 0. The van der Waals surface area contributed by atoms with Gasteiger partial charge in [-0.05, 0) is 0 Å². The second kappa shape index (κ2) is 9.00. The van der Waals surface area contributed by atoms with Crippen molar-refractivity contribution in [3.63, 3.8) is 0 Å². The Morgan fingerprint density at radius 3 is 1.12 bits per heavy atom. The average Bonchev–Trinajstić information content (AvgIpc) is 0.722. The van der Waals surface area contributed by atoms with E-state index < -0.39 is 10.4 Å². The maximum atomic E-state index is 8.52. The van der Waals surface area contributed by atoms with E-state index in [9.17, 15) is 0 Å². The average molecular weight is 180 g/mol. The van der Waals surface area contributed by atoms with Gasteiger partial charge >= 0.3 is 68.7 Å². The maximum absolute atomic E-state index is 8.52. The van der Waals surface area contributed by atoms with Gasteiger partial charge in [0.2, 0.25) is 0 Å². The standard InChI is InChI=1S/Al.K.H3N.H2O4S/c;;;1-5(2,3)4/h;;1H3;(H2,1,2,3,4)/q+3;+1;;/p-1. The molecular formula is H4AlKNO4S+3. The van der Waals surface area contributed by atoms with Crippen LogP contribution in [-0.2, 0) is 10.4 Å². The van der Waals surface area contributed by atoms with Crippen LogP contribution >= 0.6 is 0 Å². The zero-order valence-electron chi connectivity index (χ0n) is 4.62. The van der Waals surface area contributed by atoms with E-state index in [0.717, 1.165) is 0 Å². The molecule has 0 aromatic heterocycles. The second-order valence-electron chi connectivity index (χ2n) is 0.408. The largest absolute Gasteiger partial charge is 3.00 e. The van der Waals surface area contributed by atoms with Gasteiger partial charge in [0.05, 0.1) is 0 Å². The molecule has 0 atom stereocenters. The summed E-state index contributed by atoms with van der Waals surface area (Å²) in [5.41, 5.74) is 0. The first kappa shape index (κ1) is 22.5. The molecule has 0 radical (unpaired) electrons. The fourth-order valence-electron chi connectivity index (χ4n) is 0. The van der Waals surface area contributed by atoms with Gasteiger partial charge in [0.25, 0.3) is 0 Å². The summed E-state index contributed by atoms with van der Waals surface area (Å²) in [6.07, 6.45) is 0. The van der Waals surface area contributed by atoms with Crippen molar-refractivity contribution in [2.24, 2.45) is 0 Å². The van der Waals surface area contributed by atoms with Crippen LogP contribution in [0.15, 0.2) is 0 Å². The van der Waals surface area contributed by atoms with E-state index in [1.165, 1.54) is 0 Å². The molecular weight excluding hydrogens is 176 g/mol. The Bertz CT molecular complexity index is 99.2. The van der Waals surface area contributed by atoms with Crippen LogP contribution in [0.2, 0.25) is 0 Å². The molecule has 0 unspecified atom stereocenters. The predicted molar refractivity (Wildman–Crippen MR) is 22.2 cm³/mol. The van der Waals surface area contributed by atoms with Gasteiger partial charge in [-0.2, -0.15) is 0 Å². The van der Waals surface area contributed by atoms with Crippen LogP contribution in [0.25, 0.3) is 0 Å². The minimum absolute atomic E-state index is 0. The zero-order chi connectivity index (χ0) is 4.50. The molecule has 0 spiro atoms. The Hall–Kier alpha value is 2.00. The molecule has 0 amide bonds. The molecule has 0 heterocycles. The number of quaternary nitrogens is 1. The SMILES string of the molecule is O=S(=O)([O-])[O-].[Al+3].[K+].[NH4+]. The Labute approximate surface area is 101 Å². The molecule has 4 N–H and O–H groups in total. The Morgan fingerprint density at radius 1 is 1.12 bits per heavy atom. The van der Waals surface area contributed by atoms with Crippen molar-refractivity contribution < 1.29 is 68.9 Å². The van der Waals surface area contributed by atoms with Crippen LogP contribution in [0, 0.1) is 0 Å². The number of hydrogen-bond donors (Lipinski definition) is 1. The molecule has 0 aliphatic rings. The molecule has 5 nitrogen and oxygen atoms in total.